The fourth-order valence-electron chi connectivity index (χ4n) is 2.91. The Morgan fingerprint density at radius 2 is 1.89 bits per heavy atom. The first-order chi connectivity index (χ1) is 13.2. The first-order valence-corrected chi connectivity index (χ1v) is 11.0. The molecule has 160 valence electrons. The summed E-state index contributed by atoms with van der Waals surface area (Å²) in [6, 6.07) is -2.14. The highest BCUT2D eigenvalue weighted by Crippen LogP contribution is 2.08. The smallest absolute Gasteiger partial charge is 0.326 e. The molecule has 1 heterocycles. The van der Waals surface area contributed by atoms with Crippen LogP contribution in [-0.2, 0) is 19.2 Å². The van der Waals surface area contributed by atoms with Gasteiger partial charge in [0.2, 0.25) is 17.7 Å². The minimum atomic E-state index is -1.10. The third kappa shape index (κ3) is 8.92. The second-order valence-electron chi connectivity index (χ2n) is 7.30. The van der Waals surface area contributed by atoms with Gasteiger partial charge in [0.05, 0.1) is 12.6 Å². The van der Waals surface area contributed by atoms with Gasteiger partial charge in [-0.25, -0.2) is 4.79 Å². The Morgan fingerprint density at radius 3 is 2.43 bits per heavy atom. The highest BCUT2D eigenvalue weighted by atomic mass is 32.2. The van der Waals surface area contributed by atoms with Crippen molar-refractivity contribution in [3.05, 3.63) is 0 Å². The summed E-state index contributed by atoms with van der Waals surface area (Å²) in [6.45, 7) is 4.36. The van der Waals surface area contributed by atoms with Crippen molar-refractivity contribution in [2.75, 3.05) is 25.1 Å². The summed E-state index contributed by atoms with van der Waals surface area (Å²) in [6.07, 6.45) is 4.18. The number of hydrogen-bond acceptors (Lipinski definition) is 6. The molecule has 5 N–H and O–H groups in total. The molecular weight excluding hydrogens is 384 g/mol. The third-order valence-corrected chi connectivity index (χ3v) is 5.03. The molecule has 1 saturated heterocycles. The van der Waals surface area contributed by atoms with E-state index >= 15 is 0 Å². The van der Waals surface area contributed by atoms with Crippen LogP contribution in [0.15, 0.2) is 0 Å². The van der Waals surface area contributed by atoms with Crippen LogP contribution in [0.1, 0.15) is 39.5 Å². The fraction of sp³-hybridized carbons (Fsp3) is 0.778. The molecule has 3 atom stereocenters. The van der Waals surface area contributed by atoms with Crippen LogP contribution in [0.2, 0.25) is 0 Å². The summed E-state index contributed by atoms with van der Waals surface area (Å²) in [5.74, 6) is -1.64. The number of carbonyl (C=O) groups is 4. The summed E-state index contributed by atoms with van der Waals surface area (Å²) in [7, 11) is 0. The third-order valence-electron chi connectivity index (χ3n) is 4.38. The van der Waals surface area contributed by atoms with Crippen molar-refractivity contribution in [3.8, 4) is 0 Å². The molecule has 0 aromatic carbocycles. The largest absolute Gasteiger partial charge is 0.480 e. The van der Waals surface area contributed by atoms with E-state index in [4.69, 9.17) is 0 Å². The maximum atomic E-state index is 12.5. The minimum absolute atomic E-state index is 0.114. The van der Waals surface area contributed by atoms with E-state index < -0.39 is 29.9 Å². The molecule has 0 saturated carbocycles. The maximum Gasteiger partial charge on any atom is 0.326 e. The van der Waals surface area contributed by atoms with Gasteiger partial charge in [-0.05, 0) is 50.2 Å². The van der Waals surface area contributed by atoms with Crippen molar-refractivity contribution in [1.29, 1.82) is 0 Å². The monoisotopic (exact) mass is 416 g/mol. The molecule has 28 heavy (non-hydrogen) atoms. The summed E-state index contributed by atoms with van der Waals surface area (Å²) < 4.78 is 0. The van der Waals surface area contributed by atoms with E-state index in [1.54, 1.807) is 0 Å². The standard InChI is InChI=1S/C18H32N4O5S/c1-11(2)9-14(17(25)22-13(18(26)27)6-8-28-3)21-15(23)10-20-16(24)12-5-4-7-19-12/h11-14,19H,4-10H2,1-3H3,(H,20,24)(H,21,23)(H,22,25)(H,26,27). The van der Waals surface area contributed by atoms with Gasteiger partial charge in [-0.3, -0.25) is 14.4 Å². The molecule has 0 aromatic heterocycles. The molecule has 0 bridgehead atoms. The first-order valence-electron chi connectivity index (χ1n) is 9.57. The van der Waals surface area contributed by atoms with Crippen LogP contribution >= 0.6 is 11.8 Å². The van der Waals surface area contributed by atoms with E-state index in [9.17, 15) is 24.3 Å². The van der Waals surface area contributed by atoms with Crippen molar-refractivity contribution in [2.45, 2.75) is 57.7 Å². The quantitative estimate of drug-likeness (QED) is 0.295. The van der Waals surface area contributed by atoms with Gasteiger partial charge >= 0.3 is 5.97 Å². The molecule has 3 unspecified atom stereocenters. The number of thioether (sulfide) groups is 1. The Kier molecular flexibility index (Phi) is 10.9. The van der Waals surface area contributed by atoms with Crippen LogP contribution in [0, 0.1) is 5.92 Å². The van der Waals surface area contributed by atoms with E-state index in [1.165, 1.54) is 11.8 Å². The summed E-state index contributed by atoms with van der Waals surface area (Å²) in [4.78, 5) is 48.1. The lowest BCUT2D eigenvalue weighted by atomic mass is 10.0. The number of carboxylic acids is 1. The average molecular weight is 417 g/mol. The Labute approximate surface area is 170 Å². The molecular formula is C18H32N4O5S. The normalized spacial score (nSPS) is 18.4. The summed E-state index contributed by atoms with van der Waals surface area (Å²) >= 11 is 1.49. The lowest BCUT2D eigenvalue weighted by Crippen LogP contribution is -2.54. The molecule has 9 nitrogen and oxygen atoms in total. The molecule has 0 spiro atoms. The second-order valence-corrected chi connectivity index (χ2v) is 8.28. The van der Waals surface area contributed by atoms with Crippen LogP contribution < -0.4 is 21.3 Å². The van der Waals surface area contributed by atoms with Gasteiger partial charge in [0, 0.05) is 0 Å². The molecule has 10 heteroatoms. The molecule has 0 radical (unpaired) electrons. The van der Waals surface area contributed by atoms with Crippen LogP contribution in [0.4, 0.5) is 0 Å². The van der Waals surface area contributed by atoms with E-state index in [1.807, 2.05) is 20.1 Å². The van der Waals surface area contributed by atoms with Gasteiger partial charge in [-0.1, -0.05) is 13.8 Å². The molecule has 1 aliphatic rings. The van der Waals surface area contributed by atoms with Crippen molar-refractivity contribution < 1.29 is 24.3 Å². The van der Waals surface area contributed by atoms with Gasteiger partial charge < -0.3 is 26.4 Å². The Morgan fingerprint density at radius 1 is 1.18 bits per heavy atom. The number of hydrogen-bond donors (Lipinski definition) is 5. The van der Waals surface area contributed by atoms with Crippen LogP contribution in [0.25, 0.3) is 0 Å². The van der Waals surface area contributed by atoms with Crippen molar-refractivity contribution in [1.82, 2.24) is 21.3 Å². The molecule has 1 fully saturated rings. The zero-order valence-electron chi connectivity index (χ0n) is 16.7. The Bertz CT molecular complexity index is 552. The Hall–Kier alpha value is -1.81. The second kappa shape index (κ2) is 12.6. The average Bonchev–Trinajstić information content (AvgIpc) is 3.16. The highest BCUT2D eigenvalue weighted by molar-refractivity contribution is 7.98. The first kappa shape index (κ1) is 24.2. The molecule has 0 aliphatic carbocycles. The van der Waals surface area contributed by atoms with Gasteiger partial charge in [-0.2, -0.15) is 11.8 Å². The SMILES string of the molecule is CSCCC(NC(=O)C(CC(C)C)NC(=O)CNC(=O)C1CCCN1)C(=O)O. The number of carboxylic acid groups (broad SMARTS) is 1. The van der Waals surface area contributed by atoms with Gasteiger partial charge in [0.25, 0.3) is 0 Å². The predicted octanol–water partition coefficient (Wildman–Crippen LogP) is -0.292. The van der Waals surface area contributed by atoms with E-state index in [0.717, 1.165) is 19.4 Å². The highest BCUT2D eigenvalue weighted by Gasteiger charge is 2.27. The fourth-order valence-corrected chi connectivity index (χ4v) is 3.38. The number of aliphatic carboxylic acids is 1. The zero-order chi connectivity index (χ0) is 21.1. The van der Waals surface area contributed by atoms with Crippen LogP contribution in [-0.4, -0.2) is 72.0 Å². The maximum absolute atomic E-state index is 12.5. The van der Waals surface area contributed by atoms with E-state index in [-0.39, 0.29) is 24.4 Å². The number of rotatable bonds is 12. The van der Waals surface area contributed by atoms with Crippen LogP contribution in [0.3, 0.4) is 0 Å². The van der Waals surface area contributed by atoms with E-state index in [2.05, 4.69) is 21.3 Å². The van der Waals surface area contributed by atoms with Crippen LogP contribution in [0.5, 0.6) is 0 Å². The molecule has 0 aromatic rings. The topological polar surface area (TPSA) is 137 Å². The number of amides is 3. The van der Waals surface area contributed by atoms with E-state index in [0.29, 0.717) is 18.6 Å². The van der Waals surface area contributed by atoms with Gasteiger partial charge in [0.15, 0.2) is 0 Å². The lowest BCUT2D eigenvalue weighted by Gasteiger charge is -2.23. The van der Waals surface area contributed by atoms with Crippen molar-refractivity contribution in [3.63, 3.8) is 0 Å². The van der Waals surface area contributed by atoms with Crippen molar-refractivity contribution >= 4 is 35.5 Å². The molecule has 3 amide bonds. The molecule has 1 aliphatic heterocycles. The van der Waals surface area contributed by atoms with Gasteiger partial charge in [0.1, 0.15) is 12.1 Å². The number of nitrogens with one attached hydrogen (secondary N) is 4. The summed E-state index contributed by atoms with van der Waals surface area (Å²) in [5.41, 5.74) is 0. The minimum Gasteiger partial charge on any atom is -0.480 e. The Balaban J connectivity index is 2.59. The predicted molar refractivity (Wildman–Crippen MR) is 108 cm³/mol. The van der Waals surface area contributed by atoms with Crippen molar-refractivity contribution in [2.24, 2.45) is 5.92 Å². The number of carbonyl (C=O) groups excluding carboxylic acids is 3. The zero-order valence-corrected chi connectivity index (χ0v) is 17.6. The summed E-state index contributed by atoms with van der Waals surface area (Å²) in [5, 5.41) is 20.0. The van der Waals surface area contributed by atoms with Gasteiger partial charge in [-0.15, -0.1) is 0 Å². The lowest BCUT2D eigenvalue weighted by molar-refractivity contribution is -0.142. The molecule has 1 rings (SSSR count).